The molecule has 0 aliphatic heterocycles. The molecule has 3 rings (SSSR count). The molecular formula is C9H12O. The van der Waals surface area contributed by atoms with Gasteiger partial charge in [0.1, 0.15) is 0 Å². The number of hydrogen-bond donors (Lipinski definition) is 1. The Morgan fingerprint density at radius 1 is 1.00 bits per heavy atom. The average Bonchev–Trinajstić information content (AvgIpc) is 2.71. The second-order valence-electron chi connectivity index (χ2n) is 4.00. The lowest BCUT2D eigenvalue weighted by atomic mass is 10.1. The van der Waals surface area contributed by atoms with Crippen LogP contribution in [0.3, 0.4) is 0 Å². The maximum atomic E-state index is 9.45. The van der Waals surface area contributed by atoms with Crippen molar-refractivity contribution in [1.29, 1.82) is 0 Å². The van der Waals surface area contributed by atoms with Crippen LogP contribution in [0.2, 0.25) is 0 Å². The number of fused-ring (bicyclic) bond motifs is 3. The summed E-state index contributed by atoms with van der Waals surface area (Å²) in [6.45, 7) is 0. The Morgan fingerprint density at radius 2 is 1.90 bits per heavy atom. The molecule has 0 radical (unpaired) electrons. The van der Waals surface area contributed by atoms with Crippen molar-refractivity contribution >= 4 is 0 Å². The third-order valence-electron chi connectivity index (χ3n) is 3.33. The smallest absolute Gasteiger partial charge is 0.0752 e. The highest BCUT2D eigenvalue weighted by molar-refractivity contribution is 5.17. The van der Waals surface area contributed by atoms with Crippen LogP contribution in [0.15, 0.2) is 12.2 Å². The molecule has 3 aliphatic rings. The molecule has 3 aliphatic carbocycles. The van der Waals surface area contributed by atoms with Crippen molar-refractivity contribution in [2.24, 2.45) is 23.7 Å². The molecule has 1 nitrogen and oxygen atoms in total. The monoisotopic (exact) mass is 136 g/mol. The summed E-state index contributed by atoms with van der Waals surface area (Å²) >= 11 is 0. The maximum Gasteiger partial charge on any atom is 0.0752 e. The van der Waals surface area contributed by atoms with Crippen molar-refractivity contribution in [3.8, 4) is 0 Å². The summed E-state index contributed by atoms with van der Waals surface area (Å²) < 4.78 is 0. The molecule has 10 heavy (non-hydrogen) atoms. The van der Waals surface area contributed by atoms with E-state index in [1.54, 1.807) is 0 Å². The fraction of sp³-hybridized carbons (Fsp3) is 0.778. The normalized spacial score (nSPS) is 62.3. The van der Waals surface area contributed by atoms with E-state index in [-0.39, 0.29) is 6.10 Å². The molecule has 0 heterocycles. The summed E-state index contributed by atoms with van der Waals surface area (Å²) in [5.74, 6) is 3.37. The second-order valence-corrected chi connectivity index (χ2v) is 4.00. The Morgan fingerprint density at radius 3 is 2.80 bits per heavy atom. The molecule has 0 aromatic carbocycles. The summed E-state index contributed by atoms with van der Waals surface area (Å²) in [6, 6.07) is 0. The molecule has 0 aromatic rings. The van der Waals surface area contributed by atoms with Crippen LogP contribution in [0.4, 0.5) is 0 Å². The van der Waals surface area contributed by atoms with E-state index >= 15 is 0 Å². The van der Waals surface area contributed by atoms with E-state index in [2.05, 4.69) is 6.08 Å². The van der Waals surface area contributed by atoms with Gasteiger partial charge in [-0.2, -0.15) is 0 Å². The minimum atomic E-state index is -0.0993. The standard InChI is InChI=1S/C9H12O/c10-9-2-1-5-3-6(5)7-4-8(7)9/h1-2,5-10H,3-4H2/t5-,6+,7-,8+,9+/m1/s1. The van der Waals surface area contributed by atoms with E-state index in [0.29, 0.717) is 5.92 Å². The highest BCUT2D eigenvalue weighted by Crippen LogP contribution is 2.61. The zero-order valence-electron chi connectivity index (χ0n) is 5.90. The van der Waals surface area contributed by atoms with Gasteiger partial charge < -0.3 is 5.11 Å². The number of aliphatic hydroxyl groups excluding tert-OH is 1. The minimum absolute atomic E-state index is 0.0993. The van der Waals surface area contributed by atoms with Crippen molar-refractivity contribution < 1.29 is 5.11 Å². The first kappa shape index (κ1) is 5.36. The molecular weight excluding hydrogens is 124 g/mol. The van der Waals surface area contributed by atoms with E-state index in [0.717, 1.165) is 17.8 Å². The molecule has 0 amide bonds. The zero-order chi connectivity index (χ0) is 6.72. The number of allylic oxidation sites excluding steroid dienone is 1. The van der Waals surface area contributed by atoms with E-state index < -0.39 is 0 Å². The summed E-state index contributed by atoms with van der Waals surface area (Å²) in [5, 5.41) is 9.45. The van der Waals surface area contributed by atoms with Crippen molar-refractivity contribution in [3.05, 3.63) is 12.2 Å². The second kappa shape index (κ2) is 1.48. The fourth-order valence-electron chi connectivity index (χ4n) is 2.47. The number of rotatable bonds is 0. The minimum Gasteiger partial charge on any atom is -0.389 e. The molecule has 0 spiro atoms. The quantitative estimate of drug-likeness (QED) is 0.496. The molecule has 0 aromatic heterocycles. The van der Waals surface area contributed by atoms with Gasteiger partial charge in [0, 0.05) is 0 Å². The highest BCUT2D eigenvalue weighted by Gasteiger charge is 2.55. The van der Waals surface area contributed by atoms with Gasteiger partial charge in [0.2, 0.25) is 0 Å². The van der Waals surface area contributed by atoms with Crippen LogP contribution >= 0.6 is 0 Å². The highest BCUT2D eigenvalue weighted by atomic mass is 16.3. The van der Waals surface area contributed by atoms with Crippen LogP contribution in [-0.4, -0.2) is 11.2 Å². The molecule has 0 unspecified atom stereocenters. The molecule has 54 valence electrons. The van der Waals surface area contributed by atoms with Gasteiger partial charge in [-0.1, -0.05) is 12.2 Å². The van der Waals surface area contributed by atoms with Crippen LogP contribution in [0.25, 0.3) is 0 Å². The van der Waals surface area contributed by atoms with Gasteiger partial charge in [-0.25, -0.2) is 0 Å². The van der Waals surface area contributed by atoms with Crippen LogP contribution in [0.5, 0.6) is 0 Å². The largest absolute Gasteiger partial charge is 0.389 e. The van der Waals surface area contributed by atoms with Gasteiger partial charge in [0.15, 0.2) is 0 Å². The molecule has 2 fully saturated rings. The molecule has 0 bridgehead atoms. The molecule has 1 heteroatoms. The van der Waals surface area contributed by atoms with E-state index in [1.807, 2.05) is 6.08 Å². The first-order chi connectivity index (χ1) is 4.86. The van der Waals surface area contributed by atoms with Crippen LogP contribution in [-0.2, 0) is 0 Å². The van der Waals surface area contributed by atoms with Crippen molar-refractivity contribution in [1.82, 2.24) is 0 Å². The topological polar surface area (TPSA) is 20.2 Å². The lowest BCUT2D eigenvalue weighted by Gasteiger charge is -2.00. The van der Waals surface area contributed by atoms with Crippen molar-refractivity contribution in [3.63, 3.8) is 0 Å². The van der Waals surface area contributed by atoms with Gasteiger partial charge >= 0.3 is 0 Å². The van der Waals surface area contributed by atoms with Crippen LogP contribution in [0.1, 0.15) is 12.8 Å². The predicted octanol–water partition coefficient (Wildman–Crippen LogP) is 1.19. The lowest BCUT2D eigenvalue weighted by molar-refractivity contribution is 0.192. The van der Waals surface area contributed by atoms with Crippen LogP contribution in [0, 0.1) is 23.7 Å². The van der Waals surface area contributed by atoms with Crippen molar-refractivity contribution in [2.45, 2.75) is 18.9 Å². The van der Waals surface area contributed by atoms with Crippen LogP contribution < -0.4 is 0 Å². The first-order valence-electron chi connectivity index (χ1n) is 4.22. The maximum absolute atomic E-state index is 9.45. The van der Waals surface area contributed by atoms with Gasteiger partial charge in [-0.3, -0.25) is 0 Å². The molecule has 2 saturated carbocycles. The Labute approximate surface area is 60.7 Å². The summed E-state index contributed by atoms with van der Waals surface area (Å²) in [7, 11) is 0. The van der Waals surface area contributed by atoms with E-state index in [9.17, 15) is 5.11 Å². The molecule has 0 saturated heterocycles. The zero-order valence-corrected chi connectivity index (χ0v) is 5.90. The van der Waals surface area contributed by atoms with Crippen molar-refractivity contribution in [2.75, 3.05) is 0 Å². The fourth-order valence-corrected chi connectivity index (χ4v) is 2.47. The molecule has 1 N–H and O–H groups in total. The summed E-state index contributed by atoms with van der Waals surface area (Å²) in [4.78, 5) is 0. The average molecular weight is 136 g/mol. The molecule has 5 atom stereocenters. The Hall–Kier alpha value is -0.300. The van der Waals surface area contributed by atoms with Gasteiger partial charge in [0.25, 0.3) is 0 Å². The number of aliphatic hydroxyl groups is 1. The van der Waals surface area contributed by atoms with Gasteiger partial charge in [0.05, 0.1) is 6.10 Å². The Bertz CT molecular complexity index is 197. The number of hydrogen-bond acceptors (Lipinski definition) is 1. The van der Waals surface area contributed by atoms with Gasteiger partial charge in [-0.05, 0) is 36.5 Å². The predicted molar refractivity (Wildman–Crippen MR) is 38.3 cm³/mol. The van der Waals surface area contributed by atoms with E-state index in [4.69, 9.17) is 0 Å². The lowest BCUT2D eigenvalue weighted by Crippen LogP contribution is -2.05. The Balaban J connectivity index is 1.91. The third kappa shape index (κ3) is 0.567. The first-order valence-corrected chi connectivity index (χ1v) is 4.22. The summed E-state index contributed by atoms with van der Waals surface area (Å²) in [6.07, 6.45) is 6.85. The SMILES string of the molecule is O[C@H]1C=C[C@@H]2C[C@@H]2[C@H]2C[C@@H]21. The van der Waals surface area contributed by atoms with E-state index in [1.165, 1.54) is 12.8 Å². The van der Waals surface area contributed by atoms with Gasteiger partial charge in [-0.15, -0.1) is 0 Å². The third-order valence-corrected chi connectivity index (χ3v) is 3.33. The summed E-state index contributed by atoms with van der Waals surface area (Å²) in [5.41, 5.74) is 0. The Kier molecular flexibility index (Phi) is 0.791.